The van der Waals surface area contributed by atoms with E-state index >= 15 is 0 Å². The van der Waals surface area contributed by atoms with Crippen LogP contribution in [-0.4, -0.2) is 28.9 Å². The van der Waals surface area contributed by atoms with Crippen molar-refractivity contribution < 1.29 is 28.7 Å². The van der Waals surface area contributed by atoms with Crippen LogP contribution in [0, 0.1) is 13.8 Å². The third-order valence-electron chi connectivity index (χ3n) is 5.24. The highest BCUT2D eigenvalue weighted by atomic mass is 79.9. The molecule has 4 rings (SSSR count). The Labute approximate surface area is 196 Å². The molecule has 0 unspecified atom stereocenters. The van der Waals surface area contributed by atoms with Gasteiger partial charge in [0.1, 0.15) is 17.1 Å². The largest absolute Gasteiger partial charge is 0.478 e. The number of rotatable bonds is 4. The molecule has 0 radical (unpaired) electrons. The molecule has 2 N–H and O–H groups in total. The number of nitrogens with zero attached hydrogens (tertiary/aromatic N) is 1. The Morgan fingerprint density at radius 2 is 1.85 bits per heavy atom. The number of aromatic carboxylic acids is 1. The highest BCUT2D eigenvalue weighted by Crippen LogP contribution is 2.30. The van der Waals surface area contributed by atoms with E-state index in [4.69, 9.17) is 4.42 Å². The third-order valence-corrected chi connectivity index (χ3v) is 6.13. The molecule has 0 atom stereocenters. The summed E-state index contributed by atoms with van der Waals surface area (Å²) >= 11 is 3.37. The van der Waals surface area contributed by atoms with Crippen LogP contribution >= 0.6 is 15.9 Å². The summed E-state index contributed by atoms with van der Waals surface area (Å²) in [4.78, 5) is 50.1. The smallest absolute Gasteiger partial charge is 0.335 e. The van der Waals surface area contributed by atoms with Crippen molar-refractivity contribution in [3.63, 3.8) is 0 Å². The molecule has 1 aromatic heterocycles. The number of carbonyl (C=O) groups excluding carboxylic acids is 3. The standard InChI is InChI=1S/C24H17BrN2O6/c1-12-10-14(6-8-19(12)25)27-22(29)18(21(28)26-24(27)32)11-15-7-9-20(33-15)16-4-3-5-17(13(16)2)23(30)31/h3-11H,1-2H3,(H,30,31)(H,26,28,32)/b18-11+. The summed E-state index contributed by atoms with van der Waals surface area (Å²) in [5, 5.41) is 11.5. The van der Waals surface area contributed by atoms with Gasteiger partial charge in [0, 0.05) is 10.0 Å². The van der Waals surface area contributed by atoms with Gasteiger partial charge in [-0.1, -0.05) is 28.1 Å². The first-order chi connectivity index (χ1) is 15.7. The molecule has 2 heterocycles. The number of amides is 4. The summed E-state index contributed by atoms with van der Waals surface area (Å²) < 4.78 is 6.59. The number of nitrogens with one attached hydrogen (secondary N) is 1. The van der Waals surface area contributed by atoms with E-state index in [0.29, 0.717) is 22.6 Å². The van der Waals surface area contributed by atoms with Gasteiger partial charge in [-0.15, -0.1) is 0 Å². The quantitative estimate of drug-likeness (QED) is 0.389. The van der Waals surface area contributed by atoms with Crippen LogP contribution in [0.1, 0.15) is 27.2 Å². The lowest BCUT2D eigenvalue weighted by Gasteiger charge is -2.26. The molecule has 0 spiro atoms. The van der Waals surface area contributed by atoms with Gasteiger partial charge < -0.3 is 9.52 Å². The van der Waals surface area contributed by atoms with Crippen molar-refractivity contribution in [2.45, 2.75) is 13.8 Å². The fraction of sp³-hybridized carbons (Fsp3) is 0.0833. The molecule has 0 saturated carbocycles. The number of halogens is 1. The number of aryl methyl sites for hydroxylation is 1. The Kier molecular flexibility index (Phi) is 5.73. The van der Waals surface area contributed by atoms with Gasteiger partial charge >= 0.3 is 12.0 Å². The predicted octanol–water partition coefficient (Wildman–Crippen LogP) is 4.69. The number of carboxylic acid groups (broad SMARTS) is 1. The normalized spacial score (nSPS) is 15.2. The summed E-state index contributed by atoms with van der Waals surface area (Å²) in [5.41, 5.74) is 2.09. The molecular formula is C24H17BrN2O6. The second-order valence-corrected chi connectivity index (χ2v) is 8.23. The van der Waals surface area contributed by atoms with Crippen LogP contribution in [0.5, 0.6) is 0 Å². The van der Waals surface area contributed by atoms with Crippen LogP contribution in [0.3, 0.4) is 0 Å². The van der Waals surface area contributed by atoms with E-state index in [-0.39, 0.29) is 16.9 Å². The maximum absolute atomic E-state index is 13.1. The maximum Gasteiger partial charge on any atom is 0.335 e. The number of hydrogen-bond acceptors (Lipinski definition) is 5. The van der Waals surface area contributed by atoms with Gasteiger partial charge in [-0.05, 0) is 67.4 Å². The van der Waals surface area contributed by atoms with Crippen molar-refractivity contribution in [2.24, 2.45) is 0 Å². The van der Waals surface area contributed by atoms with E-state index < -0.39 is 23.8 Å². The first-order valence-corrected chi connectivity index (χ1v) is 10.6. The maximum atomic E-state index is 13.1. The average molecular weight is 509 g/mol. The molecule has 8 nitrogen and oxygen atoms in total. The van der Waals surface area contributed by atoms with Crippen molar-refractivity contribution in [2.75, 3.05) is 4.90 Å². The minimum absolute atomic E-state index is 0.143. The van der Waals surface area contributed by atoms with Crippen LogP contribution in [0.4, 0.5) is 10.5 Å². The van der Waals surface area contributed by atoms with Crippen molar-refractivity contribution in [1.82, 2.24) is 5.32 Å². The monoisotopic (exact) mass is 508 g/mol. The summed E-state index contributed by atoms with van der Waals surface area (Å²) in [6.45, 7) is 3.48. The van der Waals surface area contributed by atoms with E-state index in [1.54, 1.807) is 49.4 Å². The highest BCUT2D eigenvalue weighted by molar-refractivity contribution is 9.10. The Hall–Kier alpha value is -3.98. The van der Waals surface area contributed by atoms with Crippen LogP contribution in [0.15, 0.2) is 63.0 Å². The zero-order chi connectivity index (χ0) is 23.9. The second-order valence-electron chi connectivity index (χ2n) is 7.38. The first kappa shape index (κ1) is 22.2. The lowest BCUT2D eigenvalue weighted by molar-refractivity contribution is -0.122. The Morgan fingerprint density at radius 1 is 1.09 bits per heavy atom. The van der Waals surface area contributed by atoms with Crippen molar-refractivity contribution in [3.05, 3.63) is 81.0 Å². The first-order valence-electron chi connectivity index (χ1n) is 9.78. The van der Waals surface area contributed by atoms with Crippen LogP contribution in [-0.2, 0) is 9.59 Å². The second kappa shape index (κ2) is 8.51. The predicted molar refractivity (Wildman–Crippen MR) is 124 cm³/mol. The summed E-state index contributed by atoms with van der Waals surface area (Å²) in [6.07, 6.45) is 1.25. The summed E-state index contributed by atoms with van der Waals surface area (Å²) in [6, 6.07) is 12.1. The van der Waals surface area contributed by atoms with E-state index in [2.05, 4.69) is 21.2 Å². The number of barbiturate groups is 1. The number of carboxylic acids is 1. The number of carbonyl (C=O) groups is 4. The fourth-order valence-electron chi connectivity index (χ4n) is 3.51. The number of imide groups is 2. The third kappa shape index (κ3) is 4.10. The molecule has 9 heteroatoms. The van der Waals surface area contributed by atoms with Gasteiger partial charge in [0.25, 0.3) is 11.8 Å². The minimum Gasteiger partial charge on any atom is -0.478 e. The number of urea groups is 1. The van der Waals surface area contributed by atoms with Gasteiger partial charge in [-0.25, -0.2) is 14.5 Å². The number of hydrogen-bond donors (Lipinski definition) is 2. The molecule has 1 saturated heterocycles. The molecule has 33 heavy (non-hydrogen) atoms. The Balaban J connectivity index is 1.70. The molecular weight excluding hydrogens is 492 g/mol. The van der Waals surface area contributed by atoms with Gasteiger partial charge in [0.2, 0.25) is 0 Å². The summed E-state index contributed by atoms with van der Waals surface area (Å²) in [5.74, 6) is -2.10. The molecule has 166 valence electrons. The topological polar surface area (TPSA) is 117 Å². The van der Waals surface area contributed by atoms with E-state index in [0.717, 1.165) is 14.9 Å². The van der Waals surface area contributed by atoms with Crippen molar-refractivity contribution in [3.8, 4) is 11.3 Å². The number of benzene rings is 2. The Bertz CT molecular complexity index is 1370. The van der Waals surface area contributed by atoms with Crippen molar-refractivity contribution >= 4 is 51.5 Å². The molecule has 0 aliphatic carbocycles. The molecule has 1 aliphatic heterocycles. The SMILES string of the molecule is Cc1cc(N2C(=O)NC(=O)/C(=C\c3ccc(-c4cccc(C(=O)O)c4C)o3)C2=O)ccc1Br. The molecule has 2 aromatic carbocycles. The lowest BCUT2D eigenvalue weighted by Crippen LogP contribution is -2.54. The van der Waals surface area contributed by atoms with E-state index in [1.807, 2.05) is 6.92 Å². The van der Waals surface area contributed by atoms with E-state index in [1.165, 1.54) is 12.1 Å². The van der Waals surface area contributed by atoms with Gasteiger partial charge in [-0.3, -0.25) is 14.9 Å². The number of furan rings is 1. The van der Waals surface area contributed by atoms with Gasteiger partial charge in [0.15, 0.2) is 0 Å². The van der Waals surface area contributed by atoms with Gasteiger partial charge in [0.05, 0.1) is 11.3 Å². The van der Waals surface area contributed by atoms with Crippen molar-refractivity contribution in [1.29, 1.82) is 0 Å². The average Bonchev–Trinajstić information content (AvgIpc) is 3.22. The molecule has 1 aliphatic rings. The van der Waals surface area contributed by atoms with Crippen LogP contribution in [0.2, 0.25) is 0 Å². The van der Waals surface area contributed by atoms with Crippen LogP contribution < -0.4 is 10.2 Å². The molecule has 0 bridgehead atoms. The zero-order valence-electron chi connectivity index (χ0n) is 17.5. The summed E-state index contributed by atoms with van der Waals surface area (Å²) in [7, 11) is 0. The molecule has 4 amide bonds. The lowest BCUT2D eigenvalue weighted by atomic mass is 10.0. The fourth-order valence-corrected chi connectivity index (χ4v) is 3.76. The van der Waals surface area contributed by atoms with Crippen LogP contribution in [0.25, 0.3) is 17.4 Å². The molecule has 1 fully saturated rings. The highest BCUT2D eigenvalue weighted by Gasteiger charge is 2.37. The minimum atomic E-state index is -1.05. The number of anilines is 1. The Morgan fingerprint density at radius 3 is 2.55 bits per heavy atom. The molecule has 3 aromatic rings. The van der Waals surface area contributed by atoms with E-state index in [9.17, 15) is 24.3 Å². The zero-order valence-corrected chi connectivity index (χ0v) is 19.1. The van der Waals surface area contributed by atoms with Gasteiger partial charge in [-0.2, -0.15) is 0 Å².